The van der Waals surface area contributed by atoms with Gasteiger partial charge in [0.15, 0.2) is 0 Å². The van der Waals surface area contributed by atoms with E-state index in [2.05, 4.69) is 28.9 Å². The van der Waals surface area contributed by atoms with Gasteiger partial charge in [-0.05, 0) is 50.6 Å². The highest BCUT2D eigenvalue weighted by Crippen LogP contribution is 2.12. The molecule has 1 saturated heterocycles. The molecule has 1 fully saturated rings. The van der Waals surface area contributed by atoms with Crippen molar-refractivity contribution >= 4 is 0 Å². The first-order chi connectivity index (χ1) is 6.84. The normalized spacial score (nSPS) is 18.4. The van der Waals surface area contributed by atoms with Crippen molar-refractivity contribution in [3.8, 4) is 0 Å². The van der Waals surface area contributed by atoms with Gasteiger partial charge in [-0.2, -0.15) is 0 Å². The third-order valence-electron chi connectivity index (χ3n) is 2.81. The second-order valence-corrected chi connectivity index (χ2v) is 4.16. The van der Waals surface area contributed by atoms with E-state index in [0.29, 0.717) is 0 Å². The number of hydrogen-bond donors (Lipinski definition) is 0. The Bertz CT molecular complexity index is 290. The minimum Gasteiger partial charge on any atom is -0.298 e. The Hall–Kier alpha value is -0.890. The van der Waals surface area contributed by atoms with E-state index in [1.54, 1.807) is 0 Å². The molecule has 0 aromatic carbocycles. The average Bonchev–Trinajstić information content (AvgIpc) is 2.19. The molecule has 0 bridgehead atoms. The van der Waals surface area contributed by atoms with Crippen LogP contribution in [0.5, 0.6) is 0 Å². The molecule has 0 unspecified atom stereocenters. The van der Waals surface area contributed by atoms with Gasteiger partial charge in [-0.25, -0.2) is 0 Å². The summed E-state index contributed by atoms with van der Waals surface area (Å²) in [6.45, 7) is 5.65. The highest BCUT2D eigenvalue weighted by atomic mass is 15.1. The Kier molecular flexibility index (Phi) is 3.14. The quantitative estimate of drug-likeness (QED) is 0.711. The molecule has 0 atom stereocenters. The molecule has 1 aromatic heterocycles. The molecular weight excluding hydrogens is 172 g/mol. The van der Waals surface area contributed by atoms with Gasteiger partial charge < -0.3 is 0 Å². The Morgan fingerprint density at radius 1 is 1.29 bits per heavy atom. The zero-order valence-electron chi connectivity index (χ0n) is 8.87. The first kappa shape index (κ1) is 9.66. The second kappa shape index (κ2) is 4.56. The SMILES string of the molecule is Cc1ccnc(CN2CCCCC2)c1. The molecule has 0 N–H and O–H groups in total. The fourth-order valence-corrected chi connectivity index (χ4v) is 2.03. The monoisotopic (exact) mass is 190 g/mol. The number of aryl methyl sites for hydroxylation is 1. The topological polar surface area (TPSA) is 16.1 Å². The summed E-state index contributed by atoms with van der Waals surface area (Å²) >= 11 is 0. The van der Waals surface area contributed by atoms with Gasteiger partial charge in [-0.15, -0.1) is 0 Å². The van der Waals surface area contributed by atoms with Crippen LogP contribution in [-0.2, 0) is 6.54 Å². The van der Waals surface area contributed by atoms with Crippen LogP contribution in [0.3, 0.4) is 0 Å². The van der Waals surface area contributed by atoms with E-state index in [-0.39, 0.29) is 0 Å². The van der Waals surface area contributed by atoms with Gasteiger partial charge in [0.1, 0.15) is 0 Å². The zero-order valence-corrected chi connectivity index (χ0v) is 8.87. The smallest absolute Gasteiger partial charge is 0.0546 e. The molecule has 76 valence electrons. The van der Waals surface area contributed by atoms with E-state index in [0.717, 1.165) is 6.54 Å². The summed E-state index contributed by atoms with van der Waals surface area (Å²) in [5.41, 5.74) is 2.53. The lowest BCUT2D eigenvalue weighted by Crippen LogP contribution is -2.29. The van der Waals surface area contributed by atoms with Gasteiger partial charge in [0, 0.05) is 12.7 Å². The molecule has 2 rings (SSSR count). The lowest BCUT2D eigenvalue weighted by atomic mass is 10.1. The number of aromatic nitrogens is 1. The maximum Gasteiger partial charge on any atom is 0.0546 e. The van der Waals surface area contributed by atoms with Gasteiger partial charge >= 0.3 is 0 Å². The molecular formula is C12H18N2. The number of piperidine rings is 1. The van der Waals surface area contributed by atoms with Crippen LogP contribution in [0.25, 0.3) is 0 Å². The number of rotatable bonds is 2. The van der Waals surface area contributed by atoms with E-state index >= 15 is 0 Å². The Morgan fingerprint density at radius 2 is 2.07 bits per heavy atom. The van der Waals surface area contributed by atoms with Crippen LogP contribution in [0, 0.1) is 6.92 Å². The fraction of sp³-hybridized carbons (Fsp3) is 0.583. The summed E-state index contributed by atoms with van der Waals surface area (Å²) in [6.07, 6.45) is 6.02. The van der Waals surface area contributed by atoms with E-state index in [9.17, 15) is 0 Å². The largest absolute Gasteiger partial charge is 0.298 e. The first-order valence-corrected chi connectivity index (χ1v) is 5.48. The van der Waals surface area contributed by atoms with E-state index in [1.165, 1.54) is 43.6 Å². The van der Waals surface area contributed by atoms with E-state index in [1.807, 2.05) is 6.20 Å². The Morgan fingerprint density at radius 3 is 2.79 bits per heavy atom. The van der Waals surface area contributed by atoms with Crippen molar-refractivity contribution < 1.29 is 0 Å². The molecule has 0 saturated carbocycles. The number of likely N-dealkylation sites (tertiary alicyclic amines) is 1. The minimum atomic E-state index is 1.03. The van der Waals surface area contributed by atoms with Crippen LogP contribution >= 0.6 is 0 Å². The summed E-state index contributed by atoms with van der Waals surface area (Å²) in [4.78, 5) is 6.90. The second-order valence-electron chi connectivity index (χ2n) is 4.16. The summed E-state index contributed by atoms with van der Waals surface area (Å²) < 4.78 is 0. The predicted molar refractivity (Wildman–Crippen MR) is 58.1 cm³/mol. The molecule has 2 nitrogen and oxygen atoms in total. The van der Waals surface area contributed by atoms with Crippen molar-refractivity contribution in [2.45, 2.75) is 32.7 Å². The summed E-state index contributed by atoms with van der Waals surface area (Å²) in [7, 11) is 0. The highest BCUT2D eigenvalue weighted by Gasteiger charge is 2.10. The maximum atomic E-state index is 4.39. The Labute approximate surface area is 86.0 Å². The number of nitrogens with zero attached hydrogens (tertiary/aromatic N) is 2. The van der Waals surface area contributed by atoms with Crippen molar-refractivity contribution in [2.24, 2.45) is 0 Å². The van der Waals surface area contributed by atoms with Gasteiger partial charge in [0.25, 0.3) is 0 Å². The van der Waals surface area contributed by atoms with Crippen LogP contribution in [0.1, 0.15) is 30.5 Å². The standard InChI is InChI=1S/C12H18N2/c1-11-5-6-13-12(9-11)10-14-7-3-2-4-8-14/h5-6,9H,2-4,7-8,10H2,1H3. The molecule has 0 spiro atoms. The summed E-state index contributed by atoms with van der Waals surface area (Å²) in [6, 6.07) is 4.24. The molecule has 2 heteroatoms. The Balaban J connectivity index is 1.95. The molecule has 1 aliphatic rings. The van der Waals surface area contributed by atoms with Crippen molar-refractivity contribution in [2.75, 3.05) is 13.1 Å². The maximum absolute atomic E-state index is 4.39. The summed E-state index contributed by atoms with van der Waals surface area (Å²) in [5, 5.41) is 0. The van der Waals surface area contributed by atoms with Crippen LogP contribution in [0.4, 0.5) is 0 Å². The van der Waals surface area contributed by atoms with Gasteiger partial charge in [-0.1, -0.05) is 6.42 Å². The lowest BCUT2D eigenvalue weighted by molar-refractivity contribution is 0.218. The third-order valence-corrected chi connectivity index (χ3v) is 2.81. The van der Waals surface area contributed by atoms with Crippen molar-refractivity contribution in [3.63, 3.8) is 0 Å². The van der Waals surface area contributed by atoms with Crippen LogP contribution in [-0.4, -0.2) is 23.0 Å². The molecule has 0 radical (unpaired) electrons. The van der Waals surface area contributed by atoms with E-state index < -0.39 is 0 Å². The van der Waals surface area contributed by atoms with Gasteiger partial charge in [0.05, 0.1) is 5.69 Å². The average molecular weight is 190 g/mol. The fourth-order valence-electron chi connectivity index (χ4n) is 2.03. The molecule has 0 aliphatic carbocycles. The lowest BCUT2D eigenvalue weighted by Gasteiger charge is -2.25. The molecule has 14 heavy (non-hydrogen) atoms. The van der Waals surface area contributed by atoms with Crippen LogP contribution in [0.15, 0.2) is 18.3 Å². The zero-order chi connectivity index (χ0) is 9.80. The first-order valence-electron chi connectivity index (χ1n) is 5.48. The van der Waals surface area contributed by atoms with Crippen molar-refractivity contribution in [1.29, 1.82) is 0 Å². The van der Waals surface area contributed by atoms with Crippen LogP contribution in [0.2, 0.25) is 0 Å². The van der Waals surface area contributed by atoms with E-state index in [4.69, 9.17) is 0 Å². The number of pyridine rings is 1. The molecule has 1 aromatic rings. The van der Waals surface area contributed by atoms with Gasteiger partial charge in [0.2, 0.25) is 0 Å². The number of hydrogen-bond acceptors (Lipinski definition) is 2. The minimum absolute atomic E-state index is 1.03. The van der Waals surface area contributed by atoms with Crippen molar-refractivity contribution in [1.82, 2.24) is 9.88 Å². The molecule has 2 heterocycles. The molecule has 1 aliphatic heterocycles. The van der Waals surface area contributed by atoms with Crippen LogP contribution < -0.4 is 0 Å². The summed E-state index contributed by atoms with van der Waals surface area (Å²) in [5.74, 6) is 0. The predicted octanol–water partition coefficient (Wildman–Crippen LogP) is 2.38. The van der Waals surface area contributed by atoms with Gasteiger partial charge in [-0.3, -0.25) is 9.88 Å². The molecule has 0 amide bonds. The highest BCUT2D eigenvalue weighted by molar-refractivity contribution is 5.14. The third kappa shape index (κ3) is 2.55. The van der Waals surface area contributed by atoms with Crippen molar-refractivity contribution in [3.05, 3.63) is 29.6 Å².